The van der Waals surface area contributed by atoms with Crippen molar-refractivity contribution in [2.45, 2.75) is 44.8 Å². The molecule has 0 saturated carbocycles. The Labute approximate surface area is 111 Å². The number of benzene rings is 1. The maximum atomic E-state index is 5.70. The molecule has 3 atom stereocenters. The standard InChI is InChI=1S/C16H25NO/c1-13(10-11-15-9-6-12-18-15)16(17-2)14-7-4-3-5-8-14/h3-5,7-8,13,15-17H,6,9-12H2,1-2H3. The van der Waals surface area contributed by atoms with Crippen LogP contribution in [0.5, 0.6) is 0 Å². The Morgan fingerprint density at radius 2 is 2.11 bits per heavy atom. The molecule has 0 aliphatic carbocycles. The molecule has 0 bridgehead atoms. The Balaban J connectivity index is 1.87. The van der Waals surface area contributed by atoms with Gasteiger partial charge in [0.15, 0.2) is 0 Å². The smallest absolute Gasteiger partial charge is 0.0576 e. The van der Waals surface area contributed by atoms with Gasteiger partial charge in [0.25, 0.3) is 0 Å². The molecule has 1 aromatic carbocycles. The molecule has 1 aromatic rings. The van der Waals surface area contributed by atoms with Crippen molar-refractivity contribution in [1.82, 2.24) is 5.32 Å². The fraction of sp³-hybridized carbons (Fsp3) is 0.625. The molecule has 100 valence electrons. The molecule has 1 aliphatic rings. The third-order valence-electron chi connectivity index (χ3n) is 4.01. The minimum Gasteiger partial charge on any atom is -0.378 e. The molecular formula is C16H25NO. The highest BCUT2D eigenvalue weighted by molar-refractivity contribution is 5.19. The quantitative estimate of drug-likeness (QED) is 0.830. The molecular weight excluding hydrogens is 222 g/mol. The second-order valence-corrected chi connectivity index (χ2v) is 5.37. The SMILES string of the molecule is CNC(c1ccccc1)C(C)CCC1CCCO1. The number of rotatable bonds is 6. The van der Waals surface area contributed by atoms with E-state index in [-0.39, 0.29) is 0 Å². The van der Waals surface area contributed by atoms with Crippen LogP contribution >= 0.6 is 0 Å². The molecule has 1 aliphatic heterocycles. The van der Waals surface area contributed by atoms with Crippen LogP contribution in [0, 0.1) is 5.92 Å². The summed E-state index contributed by atoms with van der Waals surface area (Å²) in [4.78, 5) is 0. The number of hydrogen-bond donors (Lipinski definition) is 1. The van der Waals surface area contributed by atoms with E-state index in [0.29, 0.717) is 18.1 Å². The Morgan fingerprint density at radius 3 is 2.72 bits per heavy atom. The predicted molar refractivity (Wildman–Crippen MR) is 75.6 cm³/mol. The Hall–Kier alpha value is -0.860. The van der Waals surface area contributed by atoms with Crippen LogP contribution in [0.15, 0.2) is 30.3 Å². The molecule has 0 radical (unpaired) electrons. The van der Waals surface area contributed by atoms with E-state index in [0.717, 1.165) is 6.61 Å². The van der Waals surface area contributed by atoms with Crippen LogP contribution in [0.3, 0.4) is 0 Å². The van der Waals surface area contributed by atoms with Gasteiger partial charge in [-0.2, -0.15) is 0 Å². The second-order valence-electron chi connectivity index (χ2n) is 5.37. The van der Waals surface area contributed by atoms with E-state index in [9.17, 15) is 0 Å². The molecule has 1 N–H and O–H groups in total. The van der Waals surface area contributed by atoms with Crippen LogP contribution in [0.4, 0.5) is 0 Å². The van der Waals surface area contributed by atoms with Crippen LogP contribution in [0.2, 0.25) is 0 Å². The highest BCUT2D eigenvalue weighted by Crippen LogP contribution is 2.27. The van der Waals surface area contributed by atoms with Gasteiger partial charge in [-0.25, -0.2) is 0 Å². The molecule has 2 heteroatoms. The van der Waals surface area contributed by atoms with Gasteiger partial charge in [0, 0.05) is 12.6 Å². The van der Waals surface area contributed by atoms with Gasteiger partial charge < -0.3 is 10.1 Å². The number of ether oxygens (including phenoxy) is 1. The number of hydrogen-bond acceptors (Lipinski definition) is 2. The highest BCUT2D eigenvalue weighted by atomic mass is 16.5. The largest absolute Gasteiger partial charge is 0.378 e. The lowest BCUT2D eigenvalue weighted by molar-refractivity contribution is 0.0969. The lowest BCUT2D eigenvalue weighted by Gasteiger charge is -2.25. The third-order valence-corrected chi connectivity index (χ3v) is 4.01. The first-order valence-corrected chi connectivity index (χ1v) is 7.15. The van der Waals surface area contributed by atoms with Gasteiger partial charge in [-0.05, 0) is 44.2 Å². The molecule has 1 heterocycles. The van der Waals surface area contributed by atoms with Crippen molar-refractivity contribution in [1.29, 1.82) is 0 Å². The van der Waals surface area contributed by atoms with Gasteiger partial charge in [0.1, 0.15) is 0 Å². The number of nitrogens with one attached hydrogen (secondary N) is 1. The summed E-state index contributed by atoms with van der Waals surface area (Å²) in [5.74, 6) is 0.640. The van der Waals surface area contributed by atoms with Crippen LogP contribution < -0.4 is 5.32 Å². The van der Waals surface area contributed by atoms with E-state index >= 15 is 0 Å². The van der Waals surface area contributed by atoms with Crippen molar-refractivity contribution in [2.75, 3.05) is 13.7 Å². The van der Waals surface area contributed by atoms with Crippen LogP contribution in [-0.2, 0) is 4.74 Å². The van der Waals surface area contributed by atoms with Crippen LogP contribution in [0.25, 0.3) is 0 Å². The van der Waals surface area contributed by atoms with Crippen molar-refractivity contribution in [2.24, 2.45) is 5.92 Å². The zero-order valence-electron chi connectivity index (χ0n) is 11.6. The Bertz CT molecular complexity index is 332. The van der Waals surface area contributed by atoms with E-state index < -0.39 is 0 Å². The summed E-state index contributed by atoms with van der Waals surface area (Å²) in [6, 6.07) is 11.2. The summed E-state index contributed by atoms with van der Waals surface area (Å²) >= 11 is 0. The zero-order chi connectivity index (χ0) is 12.8. The average Bonchev–Trinajstić information content (AvgIpc) is 2.92. The minimum atomic E-state index is 0.451. The molecule has 2 nitrogen and oxygen atoms in total. The molecule has 0 amide bonds. The average molecular weight is 247 g/mol. The molecule has 1 saturated heterocycles. The van der Waals surface area contributed by atoms with Crippen molar-refractivity contribution in [3.63, 3.8) is 0 Å². The van der Waals surface area contributed by atoms with Gasteiger partial charge in [-0.15, -0.1) is 0 Å². The maximum Gasteiger partial charge on any atom is 0.0576 e. The van der Waals surface area contributed by atoms with E-state index in [2.05, 4.69) is 49.6 Å². The maximum absolute atomic E-state index is 5.70. The van der Waals surface area contributed by atoms with E-state index in [1.165, 1.54) is 31.2 Å². The molecule has 18 heavy (non-hydrogen) atoms. The molecule has 2 rings (SSSR count). The minimum absolute atomic E-state index is 0.451. The second kappa shape index (κ2) is 6.91. The summed E-state index contributed by atoms with van der Waals surface area (Å²) in [7, 11) is 2.06. The molecule has 0 aromatic heterocycles. The monoisotopic (exact) mass is 247 g/mol. The van der Waals surface area contributed by atoms with Gasteiger partial charge in [-0.3, -0.25) is 0 Å². The topological polar surface area (TPSA) is 21.3 Å². The van der Waals surface area contributed by atoms with Crippen molar-refractivity contribution >= 4 is 0 Å². The summed E-state index contributed by atoms with van der Waals surface area (Å²) in [6.45, 7) is 3.30. The summed E-state index contributed by atoms with van der Waals surface area (Å²) in [6.07, 6.45) is 5.44. The highest BCUT2D eigenvalue weighted by Gasteiger charge is 2.21. The summed E-state index contributed by atoms with van der Waals surface area (Å²) in [5.41, 5.74) is 1.39. The fourth-order valence-corrected chi connectivity index (χ4v) is 2.93. The Morgan fingerprint density at radius 1 is 1.33 bits per heavy atom. The lowest BCUT2D eigenvalue weighted by Crippen LogP contribution is -2.24. The Kier molecular flexibility index (Phi) is 5.21. The van der Waals surface area contributed by atoms with E-state index in [1.807, 2.05) is 0 Å². The first kappa shape index (κ1) is 13.6. The van der Waals surface area contributed by atoms with Crippen molar-refractivity contribution in [3.8, 4) is 0 Å². The van der Waals surface area contributed by atoms with Gasteiger partial charge in [0.2, 0.25) is 0 Å². The lowest BCUT2D eigenvalue weighted by atomic mass is 9.90. The third kappa shape index (κ3) is 3.56. The first-order chi connectivity index (χ1) is 8.81. The fourth-order valence-electron chi connectivity index (χ4n) is 2.93. The summed E-state index contributed by atoms with van der Waals surface area (Å²) < 4.78 is 5.70. The van der Waals surface area contributed by atoms with Crippen LogP contribution in [-0.4, -0.2) is 19.8 Å². The summed E-state index contributed by atoms with van der Waals surface area (Å²) in [5, 5.41) is 3.45. The van der Waals surface area contributed by atoms with E-state index in [1.54, 1.807) is 0 Å². The normalized spacial score (nSPS) is 22.9. The molecule has 0 spiro atoms. The van der Waals surface area contributed by atoms with Crippen molar-refractivity contribution < 1.29 is 4.74 Å². The van der Waals surface area contributed by atoms with Gasteiger partial charge in [-0.1, -0.05) is 37.3 Å². The van der Waals surface area contributed by atoms with Crippen LogP contribution in [0.1, 0.15) is 44.2 Å². The molecule has 3 unspecified atom stereocenters. The first-order valence-electron chi connectivity index (χ1n) is 7.15. The van der Waals surface area contributed by atoms with Gasteiger partial charge >= 0.3 is 0 Å². The zero-order valence-corrected chi connectivity index (χ0v) is 11.6. The predicted octanol–water partition coefficient (Wildman–Crippen LogP) is 3.54. The van der Waals surface area contributed by atoms with Gasteiger partial charge in [0.05, 0.1) is 6.10 Å². The van der Waals surface area contributed by atoms with E-state index in [4.69, 9.17) is 4.74 Å². The van der Waals surface area contributed by atoms with Crippen molar-refractivity contribution in [3.05, 3.63) is 35.9 Å². The molecule has 1 fully saturated rings.